The molecule has 2 aromatic heterocycles. The summed E-state index contributed by atoms with van der Waals surface area (Å²) in [6, 6.07) is 19.8. The van der Waals surface area contributed by atoms with Gasteiger partial charge in [-0.2, -0.15) is 0 Å². The van der Waals surface area contributed by atoms with Crippen molar-refractivity contribution in [2.24, 2.45) is 5.73 Å². The number of primary amides is 1. The molecule has 0 saturated carbocycles. The molecule has 0 fully saturated rings. The average molecular weight is 404 g/mol. The maximum Gasteiger partial charge on any atom is 0.349 e. The largest absolute Gasteiger partial charge is 0.422 e. The Balaban J connectivity index is 1.65. The quantitative estimate of drug-likeness (QED) is 0.494. The van der Waals surface area contributed by atoms with E-state index in [1.165, 1.54) is 17.4 Å². The number of hydrogen-bond acceptors (Lipinski definition) is 5. The number of benzene rings is 2. The second-order valence-electron chi connectivity index (χ2n) is 6.42. The Morgan fingerprint density at radius 2 is 1.69 bits per heavy atom. The van der Waals surface area contributed by atoms with Gasteiger partial charge in [-0.3, -0.25) is 9.59 Å². The molecule has 0 aliphatic heterocycles. The van der Waals surface area contributed by atoms with Gasteiger partial charge in [0.1, 0.15) is 16.1 Å². The van der Waals surface area contributed by atoms with Crippen molar-refractivity contribution in [3.63, 3.8) is 0 Å². The van der Waals surface area contributed by atoms with Crippen molar-refractivity contribution in [2.75, 3.05) is 5.32 Å². The molecule has 144 valence electrons. The van der Waals surface area contributed by atoms with Crippen LogP contribution in [0.2, 0.25) is 0 Å². The van der Waals surface area contributed by atoms with Gasteiger partial charge < -0.3 is 15.5 Å². The maximum absolute atomic E-state index is 12.7. The van der Waals surface area contributed by atoms with Gasteiger partial charge in [-0.05, 0) is 23.8 Å². The fourth-order valence-electron chi connectivity index (χ4n) is 2.99. The van der Waals surface area contributed by atoms with E-state index in [0.717, 1.165) is 10.4 Å². The fourth-order valence-corrected chi connectivity index (χ4v) is 4.08. The lowest BCUT2D eigenvalue weighted by Crippen LogP contribution is -2.22. The highest BCUT2D eigenvalue weighted by Crippen LogP contribution is 2.30. The molecule has 4 rings (SSSR count). The molecule has 0 aliphatic rings. The van der Waals surface area contributed by atoms with Gasteiger partial charge in [-0.1, -0.05) is 48.5 Å². The van der Waals surface area contributed by atoms with Gasteiger partial charge in [0.15, 0.2) is 0 Å². The number of fused-ring (bicyclic) bond motifs is 1. The number of rotatable bonds is 5. The summed E-state index contributed by atoms with van der Waals surface area (Å²) in [7, 11) is 0. The molecule has 0 unspecified atom stereocenters. The van der Waals surface area contributed by atoms with Crippen molar-refractivity contribution in [1.29, 1.82) is 0 Å². The number of anilines is 1. The van der Waals surface area contributed by atoms with Crippen molar-refractivity contribution in [3.05, 3.63) is 98.7 Å². The topological polar surface area (TPSA) is 102 Å². The molecule has 2 aromatic carbocycles. The van der Waals surface area contributed by atoms with Crippen molar-refractivity contribution < 1.29 is 14.0 Å². The Bertz CT molecular complexity index is 1270. The summed E-state index contributed by atoms with van der Waals surface area (Å²) >= 11 is 1.25. The first-order valence-electron chi connectivity index (χ1n) is 8.82. The van der Waals surface area contributed by atoms with E-state index in [1.807, 2.05) is 30.3 Å². The summed E-state index contributed by atoms with van der Waals surface area (Å²) in [5.74, 6) is -1.30. The maximum atomic E-state index is 12.7. The van der Waals surface area contributed by atoms with E-state index in [2.05, 4.69) is 5.32 Å². The van der Waals surface area contributed by atoms with Gasteiger partial charge in [0.05, 0.1) is 5.56 Å². The van der Waals surface area contributed by atoms with Gasteiger partial charge in [0, 0.05) is 16.7 Å². The monoisotopic (exact) mass is 404 g/mol. The minimum absolute atomic E-state index is 0.142. The van der Waals surface area contributed by atoms with Crippen LogP contribution >= 0.6 is 11.3 Å². The molecular weight excluding hydrogens is 388 g/mol. The van der Waals surface area contributed by atoms with Crippen LogP contribution in [0.25, 0.3) is 11.0 Å². The SMILES string of the molecule is NC(=O)c1cc(Cc2ccccc2)sc1NC(=O)c1cc2ccccc2oc1=O. The number of para-hydroxylation sites is 1. The number of nitrogens with two attached hydrogens (primary N) is 1. The number of hydrogen-bond donors (Lipinski definition) is 2. The molecule has 2 amide bonds. The molecule has 7 heteroatoms. The minimum Gasteiger partial charge on any atom is -0.422 e. The molecule has 2 heterocycles. The first-order chi connectivity index (χ1) is 14.0. The van der Waals surface area contributed by atoms with E-state index in [1.54, 1.807) is 30.3 Å². The first-order valence-corrected chi connectivity index (χ1v) is 9.63. The smallest absolute Gasteiger partial charge is 0.349 e. The molecule has 0 aliphatic carbocycles. The van der Waals surface area contributed by atoms with Crippen LogP contribution in [0.4, 0.5) is 5.00 Å². The highest BCUT2D eigenvalue weighted by Gasteiger charge is 2.19. The van der Waals surface area contributed by atoms with Crippen molar-refractivity contribution in [3.8, 4) is 0 Å². The number of carbonyl (C=O) groups is 2. The number of carbonyl (C=O) groups excluding carboxylic acids is 2. The molecule has 0 saturated heterocycles. The standard InChI is InChI=1S/C22H16N2O4S/c23-19(25)16-12-15(10-13-6-2-1-3-7-13)29-21(16)24-20(26)17-11-14-8-4-5-9-18(14)28-22(17)27/h1-9,11-12H,10H2,(H2,23,25)(H,24,26). The molecule has 0 radical (unpaired) electrons. The second-order valence-corrected chi connectivity index (χ2v) is 7.56. The van der Waals surface area contributed by atoms with Crippen LogP contribution in [0.5, 0.6) is 0 Å². The molecular formula is C22H16N2O4S. The molecule has 4 aromatic rings. The predicted molar refractivity (Wildman–Crippen MR) is 113 cm³/mol. The van der Waals surface area contributed by atoms with Crippen LogP contribution in [0, 0.1) is 0 Å². The summed E-state index contributed by atoms with van der Waals surface area (Å²) < 4.78 is 5.21. The third-order valence-electron chi connectivity index (χ3n) is 4.38. The fraction of sp³-hybridized carbons (Fsp3) is 0.0455. The molecule has 0 spiro atoms. The Hall–Kier alpha value is -3.71. The van der Waals surface area contributed by atoms with Crippen LogP contribution in [-0.4, -0.2) is 11.8 Å². The number of thiophene rings is 1. The van der Waals surface area contributed by atoms with Crippen LogP contribution in [0.15, 0.2) is 75.9 Å². The molecule has 0 atom stereocenters. The van der Waals surface area contributed by atoms with Crippen LogP contribution in [0.1, 0.15) is 31.2 Å². The summed E-state index contributed by atoms with van der Waals surface area (Å²) in [6.07, 6.45) is 0.597. The van der Waals surface area contributed by atoms with Gasteiger partial charge >= 0.3 is 5.63 Å². The zero-order valence-corrected chi connectivity index (χ0v) is 16.0. The van der Waals surface area contributed by atoms with Gasteiger partial charge in [-0.25, -0.2) is 4.79 Å². The highest BCUT2D eigenvalue weighted by atomic mass is 32.1. The molecule has 6 nitrogen and oxygen atoms in total. The Labute approximate surface area is 169 Å². The predicted octanol–water partition coefficient (Wildman–Crippen LogP) is 3.80. The van der Waals surface area contributed by atoms with Crippen molar-refractivity contribution in [1.82, 2.24) is 0 Å². The van der Waals surface area contributed by atoms with Crippen LogP contribution in [0.3, 0.4) is 0 Å². The number of nitrogens with one attached hydrogen (secondary N) is 1. The Morgan fingerprint density at radius 3 is 2.45 bits per heavy atom. The zero-order valence-electron chi connectivity index (χ0n) is 15.2. The zero-order chi connectivity index (χ0) is 20.4. The lowest BCUT2D eigenvalue weighted by Gasteiger charge is -2.04. The third kappa shape index (κ3) is 3.95. The van der Waals surface area contributed by atoms with E-state index < -0.39 is 17.4 Å². The van der Waals surface area contributed by atoms with Gasteiger partial charge in [0.2, 0.25) is 0 Å². The van der Waals surface area contributed by atoms with E-state index in [9.17, 15) is 14.4 Å². The summed E-state index contributed by atoms with van der Waals surface area (Å²) in [5, 5.41) is 3.57. The lowest BCUT2D eigenvalue weighted by molar-refractivity contribution is 0.100. The minimum atomic E-state index is -0.747. The van der Waals surface area contributed by atoms with E-state index in [-0.39, 0.29) is 11.1 Å². The summed E-state index contributed by atoms with van der Waals surface area (Å²) in [4.78, 5) is 37.6. The highest BCUT2D eigenvalue weighted by molar-refractivity contribution is 7.16. The van der Waals surface area contributed by atoms with Crippen molar-refractivity contribution in [2.45, 2.75) is 6.42 Å². The molecule has 0 bridgehead atoms. The second kappa shape index (κ2) is 7.73. The molecule has 3 N–H and O–H groups in total. The van der Waals surface area contributed by atoms with Crippen LogP contribution < -0.4 is 16.7 Å². The summed E-state index contributed by atoms with van der Waals surface area (Å²) in [6.45, 7) is 0. The van der Waals surface area contributed by atoms with Crippen molar-refractivity contribution >= 4 is 39.1 Å². The third-order valence-corrected chi connectivity index (χ3v) is 5.43. The van der Waals surface area contributed by atoms with Gasteiger partial charge in [-0.15, -0.1) is 11.3 Å². The molecule has 29 heavy (non-hydrogen) atoms. The Kier molecular flexibility index (Phi) is 4.97. The van der Waals surface area contributed by atoms with Crippen LogP contribution in [-0.2, 0) is 6.42 Å². The van der Waals surface area contributed by atoms with Gasteiger partial charge in [0.25, 0.3) is 11.8 Å². The lowest BCUT2D eigenvalue weighted by atomic mass is 10.1. The average Bonchev–Trinajstić information content (AvgIpc) is 3.10. The number of amides is 2. The first kappa shape index (κ1) is 18.6. The summed E-state index contributed by atoms with van der Waals surface area (Å²) in [5.41, 5.74) is 6.26. The van der Waals surface area contributed by atoms with E-state index in [4.69, 9.17) is 10.2 Å². The Morgan fingerprint density at radius 1 is 0.966 bits per heavy atom. The van der Waals surface area contributed by atoms with E-state index >= 15 is 0 Å². The normalized spacial score (nSPS) is 10.8. The van der Waals surface area contributed by atoms with E-state index in [0.29, 0.717) is 22.4 Å².